The molecule has 1 heterocycles. The Hall–Kier alpha value is -1.86. The maximum Gasteiger partial charge on any atom is 0.237 e. The lowest BCUT2D eigenvalue weighted by atomic mass is 10.1. The molecule has 0 amide bonds. The van der Waals surface area contributed by atoms with E-state index >= 15 is 0 Å². The topological polar surface area (TPSA) is 76.0 Å². The maximum absolute atomic E-state index is 12.0. The van der Waals surface area contributed by atoms with E-state index < -0.39 is 10.0 Å². The van der Waals surface area contributed by atoms with E-state index in [1.54, 1.807) is 17.9 Å². The van der Waals surface area contributed by atoms with Crippen molar-refractivity contribution in [1.82, 2.24) is 15.1 Å². The van der Waals surface area contributed by atoms with Crippen LogP contribution in [-0.4, -0.2) is 25.2 Å². The molecule has 0 saturated heterocycles. The molecular formula is C13H18N4O2S. The number of nitrogens with one attached hydrogen (secondary N) is 2. The maximum atomic E-state index is 12.0. The molecule has 0 saturated carbocycles. The van der Waals surface area contributed by atoms with Gasteiger partial charge < -0.3 is 5.32 Å². The van der Waals surface area contributed by atoms with Crippen LogP contribution in [0.25, 0.3) is 0 Å². The minimum atomic E-state index is -3.42. The SMILES string of the molecule is CNCc1ccc(CS(=O)(=O)Nc2cnn(C)c2)cc1. The van der Waals surface area contributed by atoms with Crippen molar-refractivity contribution in [3.8, 4) is 0 Å². The van der Waals surface area contributed by atoms with Crippen molar-refractivity contribution in [2.75, 3.05) is 11.8 Å². The molecule has 0 radical (unpaired) electrons. The fourth-order valence-electron chi connectivity index (χ4n) is 1.87. The van der Waals surface area contributed by atoms with E-state index in [1.165, 1.54) is 6.20 Å². The van der Waals surface area contributed by atoms with E-state index in [1.807, 2.05) is 31.3 Å². The third-order valence-electron chi connectivity index (χ3n) is 2.74. The van der Waals surface area contributed by atoms with Gasteiger partial charge in [-0.3, -0.25) is 9.40 Å². The largest absolute Gasteiger partial charge is 0.316 e. The number of aromatic nitrogens is 2. The van der Waals surface area contributed by atoms with Gasteiger partial charge in [-0.1, -0.05) is 24.3 Å². The number of hydrogen-bond acceptors (Lipinski definition) is 4. The molecule has 0 aliphatic heterocycles. The van der Waals surface area contributed by atoms with Crippen molar-refractivity contribution >= 4 is 15.7 Å². The Balaban J connectivity index is 2.04. The zero-order chi connectivity index (χ0) is 14.6. The van der Waals surface area contributed by atoms with Gasteiger partial charge in [0.05, 0.1) is 17.6 Å². The van der Waals surface area contributed by atoms with Crippen LogP contribution in [0.4, 0.5) is 5.69 Å². The second-order valence-corrected chi connectivity index (χ2v) is 6.33. The predicted molar refractivity (Wildman–Crippen MR) is 78.7 cm³/mol. The van der Waals surface area contributed by atoms with Gasteiger partial charge in [-0.25, -0.2) is 8.42 Å². The standard InChI is InChI=1S/C13H18N4O2S/c1-14-7-11-3-5-12(6-4-11)10-20(18,19)16-13-8-15-17(2)9-13/h3-6,8-9,14,16H,7,10H2,1-2H3. The number of aryl methyl sites for hydroxylation is 1. The number of nitrogens with zero attached hydrogens (tertiary/aromatic N) is 2. The molecule has 0 unspecified atom stereocenters. The van der Waals surface area contributed by atoms with Crippen molar-refractivity contribution in [3.63, 3.8) is 0 Å². The van der Waals surface area contributed by atoms with Gasteiger partial charge in [0.25, 0.3) is 0 Å². The lowest BCUT2D eigenvalue weighted by molar-refractivity contribution is 0.600. The molecule has 0 spiro atoms. The molecule has 0 bridgehead atoms. The van der Waals surface area contributed by atoms with E-state index in [9.17, 15) is 8.42 Å². The van der Waals surface area contributed by atoms with E-state index in [4.69, 9.17) is 0 Å². The van der Waals surface area contributed by atoms with E-state index in [-0.39, 0.29) is 5.75 Å². The Labute approximate surface area is 118 Å². The lowest BCUT2D eigenvalue weighted by Crippen LogP contribution is -2.14. The fraction of sp³-hybridized carbons (Fsp3) is 0.308. The summed E-state index contributed by atoms with van der Waals surface area (Å²) >= 11 is 0. The summed E-state index contributed by atoms with van der Waals surface area (Å²) in [6, 6.07) is 7.50. The lowest BCUT2D eigenvalue weighted by Gasteiger charge is -2.07. The quantitative estimate of drug-likeness (QED) is 0.836. The van der Waals surface area contributed by atoms with Crippen LogP contribution in [-0.2, 0) is 29.4 Å². The van der Waals surface area contributed by atoms with E-state index in [0.29, 0.717) is 5.69 Å². The summed E-state index contributed by atoms with van der Waals surface area (Å²) in [5, 5.41) is 6.97. The average molecular weight is 294 g/mol. The van der Waals surface area contributed by atoms with Crippen LogP contribution in [0.3, 0.4) is 0 Å². The van der Waals surface area contributed by atoms with Crippen LogP contribution in [0.1, 0.15) is 11.1 Å². The Kier molecular flexibility index (Phi) is 4.41. The van der Waals surface area contributed by atoms with Gasteiger partial charge in [0.1, 0.15) is 0 Å². The summed E-state index contributed by atoms with van der Waals surface area (Å²) in [6.07, 6.45) is 3.10. The van der Waals surface area contributed by atoms with E-state index in [2.05, 4.69) is 15.1 Å². The predicted octanol–water partition coefficient (Wildman–Crippen LogP) is 1.08. The molecule has 0 aliphatic rings. The van der Waals surface area contributed by atoms with Gasteiger partial charge >= 0.3 is 0 Å². The zero-order valence-electron chi connectivity index (χ0n) is 11.5. The number of sulfonamides is 1. The van der Waals surface area contributed by atoms with Crippen LogP contribution in [0, 0.1) is 0 Å². The highest BCUT2D eigenvalue weighted by Gasteiger charge is 2.12. The summed E-state index contributed by atoms with van der Waals surface area (Å²) in [5.74, 6) is -0.0538. The molecule has 7 heteroatoms. The third kappa shape index (κ3) is 4.07. The first-order chi connectivity index (χ1) is 9.48. The van der Waals surface area contributed by atoms with E-state index in [0.717, 1.165) is 17.7 Å². The zero-order valence-corrected chi connectivity index (χ0v) is 12.3. The Morgan fingerprint density at radius 3 is 2.40 bits per heavy atom. The fourth-order valence-corrected chi connectivity index (χ4v) is 3.03. The first-order valence-corrected chi connectivity index (χ1v) is 7.85. The number of anilines is 1. The molecule has 0 aliphatic carbocycles. The summed E-state index contributed by atoms with van der Waals surface area (Å²) in [6.45, 7) is 0.765. The number of hydrogen-bond donors (Lipinski definition) is 2. The Morgan fingerprint density at radius 1 is 1.20 bits per heavy atom. The van der Waals surface area contributed by atoms with Gasteiger partial charge in [0.15, 0.2) is 0 Å². The van der Waals surface area contributed by atoms with Crippen molar-refractivity contribution in [2.45, 2.75) is 12.3 Å². The van der Waals surface area contributed by atoms with Crippen LogP contribution in [0.15, 0.2) is 36.7 Å². The molecule has 2 rings (SSSR count). The third-order valence-corrected chi connectivity index (χ3v) is 4.00. The average Bonchev–Trinajstić information content (AvgIpc) is 2.76. The molecule has 2 N–H and O–H groups in total. The molecule has 0 fully saturated rings. The minimum Gasteiger partial charge on any atom is -0.316 e. The molecule has 6 nitrogen and oxygen atoms in total. The van der Waals surface area contributed by atoms with Gasteiger partial charge in [-0.15, -0.1) is 0 Å². The highest BCUT2D eigenvalue weighted by molar-refractivity contribution is 7.91. The van der Waals surface area contributed by atoms with Crippen molar-refractivity contribution < 1.29 is 8.42 Å². The molecule has 0 atom stereocenters. The monoisotopic (exact) mass is 294 g/mol. The second-order valence-electron chi connectivity index (χ2n) is 4.61. The van der Waals surface area contributed by atoms with Gasteiger partial charge in [0.2, 0.25) is 10.0 Å². The molecular weight excluding hydrogens is 276 g/mol. The number of benzene rings is 1. The molecule has 2 aromatic rings. The summed E-state index contributed by atoms with van der Waals surface area (Å²) in [7, 11) is 0.187. The van der Waals surface area contributed by atoms with Crippen LogP contribution in [0.2, 0.25) is 0 Å². The highest BCUT2D eigenvalue weighted by Crippen LogP contribution is 2.12. The van der Waals surface area contributed by atoms with Crippen LogP contribution < -0.4 is 10.0 Å². The van der Waals surface area contributed by atoms with Gasteiger partial charge in [-0.2, -0.15) is 5.10 Å². The normalized spacial score (nSPS) is 11.5. The smallest absolute Gasteiger partial charge is 0.237 e. The van der Waals surface area contributed by atoms with Crippen molar-refractivity contribution in [1.29, 1.82) is 0 Å². The molecule has 20 heavy (non-hydrogen) atoms. The Bertz CT molecular complexity index is 662. The van der Waals surface area contributed by atoms with Crippen LogP contribution in [0.5, 0.6) is 0 Å². The van der Waals surface area contributed by atoms with Gasteiger partial charge in [-0.05, 0) is 18.2 Å². The van der Waals surface area contributed by atoms with Crippen LogP contribution >= 0.6 is 0 Å². The van der Waals surface area contributed by atoms with Gasteiger partial charge in [0, 0.05) is 19.8 Å². The summed E-state index contributed by atoms with van der Waals surface area (Å²) < 4.78 is 28.1. The molecule has 1 aromatic heterocycles. The summed E-state index contributed by atoms with van der Waals surface area (Å²) in [5.41, 5.74) is 2.34. The number of rotatable bonds is 6. The van der Waals surface area contributed by atoms with Crippen molar-refractivity contribution in [3.05, 3.63) is 47.8 Å². The highest BCUT2D eigenvalue weighted by atomic mass is 32.2. The minimum absolute atomic E-state index is 0.0538. The first-order valence-electron chi connectivity index (χ1n) is 6.20. The van der Waals surface area contributed by atoms with Crippen molar-refractivity contribution in [2.24, 2.45) is 7.05 Å². The molecule has 108 valence electrons. The summed E-state index contributed by atoms with van der Waals surface area (Å²) in [4.78, 5) is 0. The molecule has 1 aromatic carbocycles. The second kappa shape index (κ2) is 6.06. The Morgan fingerprint density at radius 2 is 1.85 bits per heavy atom. The first kappa shape index (κ1) is 14.5.